The number of rotatable bonds is 5. The van der Waals surface area contributed by atoms with Crippen LogP contribution in [0.25, 0.3) is 0 Å². The first-order chi connectivity index (χ1) is 13.1. The van der Waals surface area contributed by atoms with Crippen molar-refractivity contribution < 1.29 is 14.7 Å². The molecule has 0 radical (unpaired) electrons. The van der Waals surface area contributed by atoms with Crippen molar-refractivity contribution in [2.75, 3.05) is 6.61 Å². The van der Waals surface area contributed by atoms with Gasteiger partial charge in [0.2, 0.25) is 0 Å². The van der Waals surface area contributed by atoms with Crippen molar-refractivity contribution in [2.24, 2.45) is 16.5 Å². The average Bonchev–Trinajstić information content (AvgIpc) is 2.62. The van der Waals surface area contributed by atoms with Gasteiger partial charge in [0.15, 0.2) is 0 Å². The molecule has 28 heavy (non-hydrogen) atoms. The van der Waals surface area contributed by atoms with Crippen LogP contribution in [0.3, 0.4) is 0 Å². The Morgan fingerprint density at radius 3 is 2.75 bits per heavy atom. The minimum atomic E-state index is -0.816. The topological polar surface area (TPSA) is 58.9 Å². The van der Waals surface area contributed by atoms with E-state index in [0.717, 1.165) is 35.2 Å². The van der Waals surface area contributed by atoms with Crippen molar-refractivity contribution >= 4 is 23.3 Å². The minimum Gasteiger partial charge on any atom is -0.481 e. The van der Waals surface area contributed by atoms with Crippen molar-refractivity contribution in [2.45, 2.75) is 64.7 Å². The fraction of sp³-hybridized carbons (Fsp3) is 0.565. The van der Waals surface area contributed by atoms with Crippen molar-refractivity contribution in [3.63, 3.8) is 0 Å². The first-order valence-electron chi connectivity index (χ1n) is 10.0. The summed E-state index contributed by atoms with van der Waals surface area (Å²) in [4.78, 5) is 17.7. The fourth-order valence-electron chi connectivity index (χ4n) is 5.21. The van der Waals surface area contributed by atoms with E-state index in [4.69, 9.17) is 16.4 Å². The van der Waals surface area contributed by atoms with Gasteiger partial charge in [0, 0.05) is 10.6 Å². The van der Waals surface area contributed by atoms with Crippen LogP contribution in [0.1, 0.15) is 76.0 Å². The largest absolute Gasteiger partial charge is 0.481 e. The highest BCUT2D eigenvalue weighted by molar-refractivity contribution is 6.32. The van der Waals surface area contributed by atoms with Gasteiger partial charge in [0.25, 0.3) is 0 Å². The standard InChI is InChI=1S/C23H30ClNO3/c1-6-10-28-25-18-13-19-22(4,8-7-9-23(19,5)21(26)27)20-16(18)11-15(14(2)3)12-17(20)24/h6,11-12,14,19H,1,7-10,13H2,2-5H3,(H,26,27)/t19-,22+,23-/m1/s1. The molecule has 0 heterocycles. The molecular formula is C23H30ClNO3. The number of carbonyl (C=O) groups is 1. The zero-order chi connectivity index (χ0) is 20.7. The normalized spacial score (nSPS) is 30.6. The molecule has 0 aromatic heterocycles. The molecule has 0 spiro atoms. The van der Waals surface area contributed by atoms with E-state index in [1.54, 1.807) is 6.08 Å². The third kappa shape index (κ3) is 3.26. The lowest BCUT2D eigenvalue weighted by Gasteiger charge is -2.53. The van der Waals surface area contributed by atoms with E-state index >= 15 is 0 Å². The molecular weight excluding hydrogens is 374 g/mol. The molecule has 2 aliphatic carbocycles. The summed E-state index contributed by atoms with van der Waals surface area (Å²) >= 11 is 6.84. The SMILES string of the molecule is C=CCON=C1C[C@H]2[C@](C)(C(=O)O)CCC[C@]2(C)c2c(Cl)cc(C(C)C)cc21. The van der Waals surface area contributed by atoms with E-state index in [1.165, 1.54) is 0 Å². The Morgan fingerprint density at radius 1 is 1.43 bits per heavy atom. The molecule has 4 nitrogen and oxygen atoms in total. The number of benzene rings is 1. The lowest BCUT2D eigenvalue weighted by molar-refractivity contribution is -0.156. The molecule has 0 saturated heterocycles. The molecule has 1 N–H and O–H groups in total. The fourth-order valence-corrected chi connectivity index (χ4v) is 5.65. The smallest absolute Gasteiger partial charge is 0.309 e. The minimum absolute atomic E-state index is 0.0905. The van der Waals surface area contributed by atoms with Gasteiger partial charge in [0.1, 0.15) is 6.61 Å². The number of aliphatic carboxylic acids is 1. The molecule has 1 aromatic carbocycles. The summed E-state index contributed by atoms with van der Waals surface area (Å²) in [6.45, 7) is 12.3. The maximum atomic E-state index is 12.3. The van der Waals surface area contributed by atoms with Crippen LogP contribution in [0.2, 0.25) is 5.02 Å². The first-order valence-corrected chi connectivity index (χ1v) is 10.4. The van der Waals surface area contributed by atoms with Crippen LogP contribution in [0.15, 0.2) is 29.9 Å². The third-order valence-corrected chi connectivity index (χ3v) is 7.14. The molecule has 1 saturated carbocycles. The second kappa shape index (κ2) is 7.55. The van der Waals surface area contributed by atoms with Gasteiger partial charge in [-0.25, -0.2) is 0 Å². The number of halogens is 1. The molecule has 5 heteroatoms. The van der Waals surface area contributed by atoms with Gasteiger partial charge in [-0.2, -0.15) is 0 Å². The first kappa shape index (κ1) is 20.9. The lowest BCUT2D eigenvalue weighted by atomic mass is 9.49. The molecule has 0 aliphatic heterocycles. The number of nitrogens with zero attached hydrogens (tertiary/aromatic N) is 1. The van der Waals surface area contributed by atoms with Crippen LogP contribution in [-0.4, -0.2) is 23.4 Å². The Hall–Kier alpha value is -1.81. The molecule has 1 aromatic rings. The van der Waals surface area contributed by atoms with Crippen LogP contribution in [0.5, 0.6) is 0 Å². The number of fused-ring (bicyclic) bond motifs is 3. The summed E-state index contributed by atoms with van der Waals surface area (Å²) in [5.41, 5.74) is 2.86. The van der Waals surface area contributed by atoms with Gasteiger partial charge in [-0.05, 0) is 66.7 Å². The second-order valence-corrected chi connectivity index (χ2v) is 9.36. The van der Waals surface area contributed by atoms with E-state index in [2.05, 4.69) is 38.6 Å². The predicted octanol–water partition coefficient (Wildman–Crippen LogP) is 5.92. The van der Waals surface area contributed by atoms with Gasteiger partial charge < -0.3 is 9.94 Å². The molecule has 2 aliphatic rings. The van der Waals surface area contributed by atoms with Gasteiger partial charge in [-0.1, -0.05) is 56.6 Å². The van der Waals surface area contributed by atoms with Gasteiger partial charge in [0.05, 0.1) is 11.1 Å². The molecule has 1 fully saturated rings. The van der Waals surface area contributed by atoms with Crippen LogP contribution in [0, 0.1) is 11.3 Å². The Labute approximate surface area is 172 Å². The number of hydrogen-bond donors (Lipinski definition) is 1. The number of carboxylic acids is 1. The summed E-state index contributed by atoms with van der Waals surface area (Å²) < 4.78 is 0. The highest BCUT2D eigenvalue weighted by Crippen LogP contribution is 2.59. The second-order valence-electron chi connectivity index (χ2n) is 8.95. The van der Waals surface area contributed by atoms with Crippen molar-refractivity contribution in [1.82, 2.24) is 0 Å². The van der Waals surface area contributed by atoms with Gasteiger partial charge in [-0.15, -0.1) is 0 Å². The summed E-state index contributed by atoms with van der Waals surface area (Å²) in [5.74, 6) is -0.500. The Kier molecular flexibility index (Phi) is 5.64. The maximum Gasteiger partial charge on any atom is 0.309 e. The molecule has 3 rings (SSSR count). The summed E-state index contributed by atoms with van der Waals surface area (Å²) in [6, 6.07) is 4.20. The number of oxime groups is 1. The molecule has 0 bridgehead atoms. The lowest BCUT2D eigenvalue weighted by Crippen LogP contribution is -2.53. The molecule has 3 atom stereocenters. The Balaban J connectivity index is 2.24. The monoisotopic (exact) mass is 403 g/mol. The Bertz CT molecular complexity index is 831. The van der Waals surface area contributed by atoms with E-state index in [9.17, 15) is 9.90 Å². The summed E-state index contributed by atoms with van der Waals surface area (Å²) in [5, 5.41) is 15.2. The van der Waals surface area contributed by atoms with Crippen molar-refractivity contribution in [3.05, 3.63) is 46.5 Å². The quantitative estimate of drug-likeness (QED) is 0.377. The number of carboxylic acid groups (broad SMARTS) is 1. The highest BCUT2D eigenvalue weighted by Gasteiger charge is 2.57. The van der Waals surface area contributed by atoms with Crippen LogP contribution < -0.4 is 0 Å². The third-order valence-electron chi connectivity index (χ3n) is 6.84. The summed E-state index contributed by atoms with van der Waals surface area (Å²) in [7, 11) is 0. The van der Waals surface area contributed by atoms with E-state index in [0.29, 0.717) is 30.4 Å². The van der Waals surface area contributed by atoms with Crippen LogP contribution in [-0.2, 0) is 15.0 Å². The zero-order valence-electron chi connectivity index (χ0n) is 17.2. The van der Waals surface area contributed by atoms with Gasteiger partial charge >= 0.3 is 5.97 Å². The average molecular weight is 404 g/mol. The highest BCUT2D eigenvalue weighted by atomic mass is 35.5. The summed E-state index contributed by atoms with van der Waals surface area (Å²) in [6.07, 6.45) is 4.69. The Morgan fingerprint density at radius 2 is 2.14 bits per heavy atom. The molecule has 0 unspecified atom stereocenters. The van der Waals surface area contributed by atoms with Crippen molar-refractivity contribution in [1.29, 1.82) is 0 Å². The van der Waals surface area contributed by atoms with E-state index in [-0.39, 0.29) is 11.3 Å². The van der Waals surface area contributed by atoms with Crippen LogP contribution in [0.4, 0.5) is 0 Å². The van der Waals surface area contributed by atoms with E-state index < -0.39 is 11.4 Å². The molecule has 0 amide bonds. The number of hydrogen-bond acceptors (Lipinski definition) is 3. The maximum absolute atomic E-state index is 12.3. The van der Waals surface area contributed by atoms with E-state index in [1.807, 2.05) is 13.0 Å². The van der Waals surface area contributed by atoms with Gasteiger partial charge in [-0.3, -0.25) is 4.79 Å². The zero-order valence-corrected chi connectivity index (χ0v) is 18.0. The van der Waals surface area contributed by atoms with Crippen molar-refractivity contribution in [3.8, 4) is 0 Å². The van der Waals surface area contributed by atoms with Crippen LogP contribution >= 0.6 is 11.6 Å². The molecule has 152 valence electrons. The predicted molar refractivity (Wildman–Crippen MR) is 113 cm³/mol.